The molecule has 3 unspecified atom stereocenters. The maximum atomic E-state index is 12.0. The van der Waals surface area contributed by atoms with Gasteiger partial charge in [-0.3, -0.25) is 4.79 Å². The molecule has 1 amide bonds. The summed E-state index contributed by atoms with van der Waals surface area (Å²) in [6.07, 6.45) is 2.42. The van der Waals surface area contributed by atoms with Crippen LogP contribution in [0.1, 0.15) is 40.0 Å². The average Bonchev–Trinajstić information content (AvgIpc) is 2.39. The van der Waals surface area contributed by atoms with Gasteiger partial charge in [-0.25, -0.2) is 4.79 Å². The molecule has 0 aliphatic carbocycles. The minimum absolute atomic E-state index is 0.0430. The topological polar surface area (TPSA) is 81.4 Å². The molecular weight excluding hydrogens is 232 g/mol. The Bertz CT molecular complexity index is 269. The summed E-state index contributed by atoms with van der Waals surface area (Å²) < 4.78 is 4.72. The Morgan fingerprint density at radius 1 is 1.33 bits per heavy atom. The Labute approximate surface area is 109 Å². The van der Waals surface area contributed by atoms with Gasteiger partial charge in [0.2, 0.25) is 5.91 Å². The molecule has 0 spiro atoms. The van der Waals surface area contributed by atoms with Crippen LogP contribution in [0.15, 0.2) is 0 Å². The lowest BCUT2D eigenvalue weighted by atomic mass is 9.97. The van der Waals surface area contributed by atoms with Gasteiger partial charge in [0.15, 0.2) is 0 Å². The predicted octanol–water partition coefficient (Wildman–Crippen LogP) is 1.07. The largest absolute Gasteiger partial charge is 0.467 e. The number of methoxy groups -OCH3 is 1. The van der Waals surface area contributed by atoms with Gasteiger partial charge in [0.05, 0.1) is 13.0 Å². The Kier molecular flexibility index (Phi) is 8.37. The van der Waals surface area contributed by atoms with Crippen LogP contribution < -0.4 is 11.1 Å². The number of hydrogen-bond donors (Lipinski definition) is 2. The lowest BCUT2D eigenvalue weighted by Crippen LogP contribution is -2.48. The van der Waals surface area contributed by atoms with E-state index in [1.165, 1.54) is 7.11 Å². The van der Waals surface area contributed by atoms with Gasteiger partial charge in [0, 0.05) is 6.54 Å². The first-order valence-corrected chi connectivity index (χ1v) is 6.59. The van der Waals surface area contributed by atoms with Gasteiger partial charge in [0.1, 0.15) is 6.04 Å². The summed E-state index contributed by atoms with van der Waals surface area (Å²) in [5.41, 5.74) is 5.58. The summed E-state index contributed by atoms with van der Waals surface area (Å²) in [5, 5.41) is 2.76. The Balaban J connectivity index is 4.65. The first-order valence-electron chi connectivity index (χ1n) is 6.59. The van der Waals surface area contributed by atoms with E-state index in [1.54, 1.807) is 0 Å². The quantitative estimate of drug-likeness (QED) is 0.638. The van der Waals surface area contributed by atoms with E-state index in [0.29, 0.717) is 6.54 Å². The van der Waals surface area contributed by atoms with Crippen molar-refractivity contribution in [2.24, 2.45) is 17.6 Å². The summed E-state index contributed by atoms with van der Waals surface area (Å²) >= 11 is 0. The molecule has 0 aromatic carbocycles. The number of nitrogens with two attached hydrogens (primary N) is 1. The highest BCUT2D eigenvalue weighted by Crippen LogP contribution is 2.12. The van der Waals surface area contributed by atoms with Crippen LogP contribution in [0.5, 0.6) is 0 Å². The molecule has 0 fully saturated rings. The summed E-state index contributed by atoms with van der Waals surface area (Å²) in [6.45, 7) is 6.19. The number of ether oxygens (including phenoxy) is 1. The monoisotopic (exact) mass is 258 g/mol. The van der Waals surface area contributed by atoms with E-state index >= 15 is 0 Å². The number of carbonyl (C=O) groups excluding carboxylic acids is 2. The Morgan fingerprint density at radius 3 is 2.33 bits per heavy atom. The molecule has 0 aliphatic heterocycles. The van der Waals surface area contributed by atoms with Gasteiger partial charge in [0.25, 0.3) is 0 Å². The third-order valence-corrected chi connectivity index (χ3v) is 3.26. The highest BCUT2D eigenvalue weighted by molar-refractivity contribution is 5.86. The van der Waals surface area contributed by atoms with Crippen LogP contribution in [0.3, 0.4) is 0 Å². The van der Waals surface area contributed by atoms with Crippen molar-refractivity contribution in [2.45, 2.75) is 46.1 Å². The van der Waals surface area contributed by atoms with Crippen LogP contribution in [0.4, 0.5) is 0 Å². The Hall–Kier alpha value is -1.10. The molecule has 0 heterocycles. The van der Waals surface area contributed by atoms with Crippen molar-refractivity contribution in [3.63, 3.8) is 0 Å². The average molecular weight is 258 g/mol. The Morgan fingerprint density at radius 2 is 1.94 bits per heavy atom. The standard InChI is InChI=1S/C13H26N2O3/c1-5-7-10(8-14)12(16)15-11(9(3)6-2)13(17)18-4/h9-11H,5-8,14H2,1-4H3,(H,15,16). The highest BCUT2D eigenvalue weighted by atomic mass is 16.5. The molecule has 0 saturated carbocycles. The van der Waals surface area contributed by atoms with Crippen LogP contribution in [0.2, 0.25) is 0 Å². The molecular formula is C13H26N2O3. The second kappa shape index (κ2) is 8.91. The minimum Gasteiger partial charge on any atom is -0.467 e. The van der Waals surface area contributed by atoms with Crippen LogP contribution in [0, 0.1) is 11.8 Å². The lowest BCUT2D eigenvalue weighted by Gasteiger charge is -2.24. The maximum Gasteiger partial charge on any atom is 0.328 e. The van der Waals surface area contributed by atoms with E-state index in [9.17, 15) is 9.59 Å². The molecule has 0 aliphatic rings. The van der Waals surface area contributed by atoms with E-state index in [-0.39, 0.29) is 17.7 Å². The number of esters is 1. The number of carbonyl (C=O) groups is 2. The first kappa shape index (κ1) is 16.9. The normalized spacial score (nSPS) is 15.6. The SMILES string of the molecule is CCCC(CN)C(=O)NC(C(=O)OC)C(C)CC. The van der Waals surface area contributed by atoms with Crippen molar-refractivity contribution < 1.29 is 14.3 Å². The highest BCUT2D eigenvalue weighted by Gasteiger charge is 2.28. The smallest absolute Gasteiger partial charge is 0.328 e. The zero-order valence-corrected chi connectivity index (χ0v) is 11.9. The van der Waals surface area contributed by atoms with Gasteiger partial charge in [-0.15, -0.1) is 0 Å². The molecule has 3 N–H and O–H groups in total. The summed E-state index contributed by atoms with van der Waals surface area (Å²) in [5.74, 6) is -0.743. The van der Waals surface area contributed by atoms with Crippen molar-refractivity contribution in [3.05, 3.63) is 0 Å². The zero-order valence-electron chi connectivity index (χ0n) is 11.9. The van der Waals surface area contributed by atoms with Crippen LogP contribution in [-0.2, 0) is 14.3 Å². The zero-order chi connectivity index (χ0) is 14.1. The molecule has 106 valence electrons. The molecule has 0 radical (unpaired) electrons. The fourth-order valence-electron chi connectivity index (χ4n) is 1.77. The third-order valence-electron chi connectivity index (χ3n) is 3.26. The van der Waals surface area contributed by atoms with Crippen molar-refractivity contribution in [1.82, 2.24) is 5.32 Å². The molecule has 18 heavy (non-hydrogen) atoms. The van der Waals surface area contributed by atoms with Gasteiger partial charge >= 0.3 is 5.97 Å². The second-order valence-electron chi connectivity index (χ2n) is 4.62. The van der Waals surface area contributed by atoms with Crippen LogP contribution in [-0.4, -0.2) is 31.6 Å². The van der Waals surface area contributed by atoms with Crippen LogP contribution >= 0.6 is 0 Å². The van der Waals surface area contributed by atoms with Crippen molar-refractivity contribution in [3.8, 4) is 0 Å². The molecule has 3 atom stereocenters. The van der Waals surface area contributed by atoms with E-state index in [4.69, 9.17) is 10.5 Å². The van der Waals surface area contributed by atoms with Crippen molar-refractivity contribution in [2.75, 3.05) is 13.7 Å². The van der Waals surface area contributed by atoms with Crippen molar-refractivity contribution >= 4 is 11.9 Å². The fraction of sp³-hybridized carbons (Fsp3) is 0.846. The summed E-state index contributed by atoms with van der Waals surface area (Å²) in [6, 6.07) is -0.585. The summed E-state index contributed by atoms with van der Waals surface area (Å²) in [4.78, 5) is 23.7. The second-order valence-corrected chi connectivity index (χ2v) is 4.62. The molecule has 0 bridgehead atoms. The molecule has 5 nitrogen and oxygen atoms in total. The molecule has 0 aromatic rings. The number of rotatable bonds is 8. The van der Waals surface area contributed by atoms with E-state index in [1.807, 2.05) is 20.8 Å². The predicted molar refractivity (Wildman–Crippen MR) is 70.9 cm³/mol. The number of amides is 1. The number of hydrogen-bond acceptors (Lipinski definition) is 4. The van der Waals surface area contributed by atoms with Gasteiger partial charge < -0.3 is 15.8 Å². The summed E-state index contributed by atoms with van der Waals surface area (Å²) in [7, 11) is 1.33. The fourth-order valence-corrected chi connectivity index (χ4v) is 1.77. The number of nitrogens with one attached hydrogen (secondary N) is 1. The van der Waals surface area contributed by atoms with Gasteiger partial charge in [-0.05, 0) is 12.3 Å². The molecule has 0 saturated heterocycles. The van der Waals surface area contributed by atoms with Crippen LogP contribution in [0.25, 0.3) is 0 Å². The molecule has 0 aromatic heterocycles. The van der Waals surface area contributed by atoms with E-state index in [0.717, 1.165) is 19.3 Å². The first-order chi connectivity index (χ1) is 8.51. The van der Waals surface area contributed by atoms with Gasteiger partial charge in [-0.2, -0.15) is 0 Å². The minimum atomic E-state index is -0.585. The van der Waals surface area contributed by atoms with E-state index < -0.39 is 12.0 Å². The lowest BCUT2D eigenvalue weighted by molar-refractivity contribution is -0.147. The maximum absolute atomic E-state index is 12.0. The van der Waals surface area contributed by atoms with E-state index in [2.05, 4.69) is 5.32 Å². The van der Waals surface area contributed by atoms with Gasteiger partial charge in [-0.1, -0.05) is 33.6 Å². The third kappa shape index (κ3) is 5.04. The van der Waals surface area contributed by atoms with Crippen molar-refractivity contribution in [1.29, 1.82) is 0 Å². The molecule has 5 heteroatoms. The molecule has 0 rings (SSSR count).